The smallest absolute Gasteiger partial charge is 0.213 e. The van der Waals surface area contributed by atoms with E-state index in [0.717, 1.165) is 13.1 Å². The van der Waals surface area contributed by atoms with Gasteiger partial charge in [0.05, 0.1) is 5.60 Å². The van der Waals surface area contributed by atoms with Crippen LogP contribution in [-0.4, -0.2) is 28.8 Å². The van der Waals surface area contributed by atoms with Crippen molar-refractivity contribution < 1.29 is 9.26 Å². The van der Waals surface area contributed by atoms with Crippen molar-refractivity contribution in [3.05, 3.63) is 12.2 Å². The van der Waals surface area contributed by atoms with E-state index in [1.165, 1.54) is 6.39 Å². The minimum Gasteiger partial charge on any atom is -0.365 e. The predicted octanol–water partition coefficient (Wildman–Crippen LogP) is -0.0519. The first kappa shape index (κ1) is 7.70. The van der Waals surface area contributed by atoms with Gasteiger partial charge in [-0.1, -0.05) is 5.16 Å². The van der Waals surface area contributed by atoms with Crippen molar-refractivity contribution in [2.45, 2.75) is 19.1 Å². The second-order valence-electron chi connectivity index (χ2n) is 3.19. The molecule has 1 saturated heterocycles. The van der Waals surface area contributed by atoms with Crippen LogP contribution in [0.4, 0.5) is 0 Å². The minimum atomic E-state index is -0.0410. The van der Waals surface area contributed by atoms with E-state index in [9.17, 15) is 0 Å². The molecule has 66 valence electrons. The summed E-state index contributed by atoms with van der Waals surface area (Å²) in [6.07, 6.45) is 1.31. The van der Waals surface area contributed by atoms with Crippen molar-refractivity contribution in [3.8, 4) is 0 Å². The van der Waals surface area contributed by atoms with Crippen molar-refractivity contribution in [2.24, 2.45) is 0 Å². The van der Waals surface area contributed by atoms with Gasteiger partial charge in [0.2, 0.25) is 6.39 Å². The van der Waals surface area contributed by atoms with E-state index in [1.54, 1.807) is 0 Å². The molecular weight excluding hydrogens is 158 g/mol. The molecule has 5 heteroatoms. The van der Waals surface area contributed by atoms with Gasteiger partial charge in [0, 0.05) is 13.1 Å². The highest BCUT2D eigenvalue weighted by atomic mass is 16.5. The number of nitrogens with one attached hydrogen (secondary N) is 1. The zero-order chi connectivity index (χ0) is 8.44. The molecule has 0 amide bonds. The Morgan fingerprint density at radius 3 is 3.08 bits per heavy atom. The normalized spacial score (nSPS) is 20.4. The van der Waals surface area contributed by atoms with E-state index >= 15 is 0 Å². The standard InChI is InChI=1S/C7H11N3O2/c1-7(3-8-4-7)11-2-6-9-5-12-10-6/h5,8H,2-4H2,1H3. The van der Waals surface area contributed by atoms with Crippen molar-refractivity contribution >= 4 is 0 Å². The lowest BCUT2D eigenvalue weighted by molar-refractivity contribution is -0.0793. The first-order valence-corrected chi connectivity index (χ1v) is 3.88. The molecule has 0 atom stereocenters. The van der Waals surface area contributed by atoms with E-state index in [2.05, 4.69) is 26.9 Å². The van der Waals surface area contributed by atoms with E-state index in [1.807, 2.05) is 0 Å². The number of aromatic nitrogens is 2. The van der Waals surface area contributed by atoms with Gasteiger partial charge in [-0.3, -0.25) is 0 Å². The highest BCUT2D eigenvalue weighted by Crippen LogP contribution is 2.16. The van der Waals surface area contributed by atoms with Crippen molar-refractivity contribution in [2.75, 3.05) is 13.1 Å². The second-order valence-corrected chi connectivity index (χ2v) is 3.19. The molecule has 5 nitrogen and oxygen atoms in total. The molecular formula is C7H11N3O2. The van der Waals surface area contributed by atoms with Gasteiger partial charge in [-0.2, -0.15) is 4.98 Å². The average molecular weight is 169 g/mol. The molecule has 0 radical (unpaired) electrons. The summed E-state index contributed by atoms with van der Waals surface area (Å²) in [5.74, 6) is 0.600. The molecule has 2 heterocycles. The van der Waals surface area contributed by atoms with Crippen LogP contribution in [0.25, 0.3) is 0 Å². The van der Waals surface area contributed by atoms with Crippen LogP contribution in [0.15, 0.2) is 10.9 Å². The molecule has 1 aromatic rings. The monoisotopic (exact) mass is 169 g/mol. The Bertz CT molecular complexity index is 243. The lowest BCUT2D eigenvalue weighted by Crippen LogP contribution is -2.58. The summed E-state index contributed by atoms with van der Waals surface area (Å²) in [6, 6.07) is 0. The Morgan fingerprint density at radius 2 is 2.58 bits per heavy atom. The highest BCUT2D eigenvalue weighted by Gasteiger charge is 2.32. The molecule has 1 fully saturated rings. The molecule has 1 aliphatic rings. The molecule has 2 rings (SSSR count). The van der Waals surface area contributed by atoms with Crippen LogP contribution in [0.5, 0.6) is 0 Å². The molecule has 1 aliphatic heterocycles. The molecule has 0 unspecified atom stereocenters. The summed E-state index contributed by atoms with van der Waals surface area (Å²) >= 11 is 0. The summed E-state index contributed by atoms with van der Waals surface area (Å²) < 4.78 is 10.1. The number of nitrogens with zero attached hydrogens (tertiary/aromatic N) is 2. The number of rotatable bonds is 3. The quantitative estimate of drug-likeness (QED) is 0.687. The van der Waals surface area contributed by atoms with Crippen LogP contribution in [0, 0.1) is 0 Å². The molecule has 0 aliphatic carbocycles. The third-order valence-corrected chi connectivity index (χ3v) is 1.95. The predicted molar refractivity (Wildman–Crippen MR) is 40.4 cm³/mol. The maximum atomic E-state index is 5.56. The van der Waals surface area contributed by atoms with Crippen molar-refractivity contribution in [1.29, 1.82) is 0 Å². The Hall–Kier alpha value is -0.940. The van der Waals surface area contributed by atoms with Crippen LogP contribution >= 0.6 is 0 Å². The fourth-order valence-electron chi connectivity index (χ4n) is 1.07. The third kappa shape index (κ3) is 1.46. The SMILES string of the molecule is CC1(OCc2ncon2)CNC1. The maximum absolute atomic E-state index is 5.56. The largest absolute Gasteiger partial charge is 0.365 e. The maximum Gasteiger partial charge on any atom is 0.213 e. The lowest BCUT2D eigenvalue weighted by atomic mass is 10.0. The van der Waals surface area contributed by atoms with Gasteiger partial charge in [0.25, 0.3) is 0 Å². The van der Waals surface area contributed by atoms with Crippen molar-refractivity contribution in [3.63, 3.8) is 0 Å². The summed E-state index contributed by atoms with van der Waals surface area (Å²) in [4.78, 5) is 3.85. The molecule has 0 aromatic carbocycles. The van der Waals surface area contributed by atoms with Gasteiger partial charge < -0.3 is 14.6 Å². The molecule has 12 heavy (non-hydrogen) atoms. The zero-order valence-electron chi connectivity index (χ0n) is 6.91. The summed E-state index contributed by atoms with van der Waals surface area (Å²) in [5, 5.41) is 6.79. The van der Waals surface area contributed by atoms with Gasteiger partial charge in [-0.15, -0.1) is 0 Å². The average Bonchev–Trinajstić information content (AvgIpc) is 2.49. The van der Waals surface area contributed by atoms with E-state index < -0.39 is 0 Å². The van der Waals surface area contributed by atoms with Gasteiger partial charge in [-0.05, 0) is 6.92 Å². The minimum absolute atomic E-state index is 0.0410. The topological polar surface area (TPSA) is 60.2 Å². The molecule has 0 bridgehead atoms. The zero-order valence-corrected chi connectivity index (χ0v) is 6.91. The highest BCUT2D eigenvalue weighted by molar-refractivity contribution is 4.91. The number of ether oxygens (including phenoxy) is 1. The first-order chi connectivity index (χ1) is 5.79. The van der Waals surface area contributed by atoms with Gasteiger partial charge >= 0.3 is 0 Å². The van der Waals surface area contributed by atoms with E-state index in [-0.39, 0.29) is 5.60 Å². The Labute approximate surface area is 70.1 Å². The Balaban J connectivity index is 1.82. The van der Waals surface area contributed by atoms with E-state index in [4.69, 9.17) is 4.74 Å². The van der Waals surface area contributed by atoms with Crippen molar-refractivity contribution in [1.82, 2.24) is 15.5 Å². The van der Waals surface area contributed by atoms with Gasteiger partial charge in [-0.25, -0.2) is 0 Å². The second kappa shape index (κ2) is 2.84. The van der Waals surface area contributed by atoms with Crippen LogP contribution in [0.2, 0.25) is 0 Å². The van der Waals surface area contributed by atoms with Crippen LogP contribution in [-0.2, 0) is 11.3 Å². The van der Waals surface area contributed by atoms with Crippen LogP contribution < -0.4 is 5.32 Å². The van der Waals surface area contributed by atoms with E-state index in [0.29, 0.717) is 12.4 Å². The summed E-state index contributed by atoms with van der Waals surface area (Å²) in [7, 11) is 0. The Morgan fingerprint density at radius 1 is 1.75 bits per heavy atom. The fourth-order valence-corrected chi connectivity index (χ4v) is 1.07. The van der Waals surface area contributed by atoms with Crippen LogP contribution in [0.3, 0.4) is 0 Å². The van der Waals surface area contributed by atoms with Gasteiger partial charge in [0.15, 0.2) is 5.82 Å². The number of hydrogen-bond acceptors (Lipinski definition) is 5. The first-order valence-electron chi connectivity index (χ1n) is 3.88. The molecule has 0 spiro atoms. The lowest BCUT2D eigenvalue weighted by Gasteiger charge is -2.38. The number of hydrogen-bond donors (Lipinski definition) is 1. The third-order valence-electron chi connectivity index (χ3n) is 1.95. The molecule has 0 saturated carbocycles. The summed E-state index contributed by atoms with van der Waals surface area (Å²) in [6.45, 7) is 4.27. The molecule has 1 N–H and O–H groups in total. The van der Waals surface area contributed by atoms with Crippen LogP contribution in [0.1, 0.15) is 12.7 Å². The fraction of sp³-hybridized carbons (Fsp3) is 0.714. The molecule has 1 aromatic heterocycles. The van der Waals surface area contributed by atoms with Gasteiger partial charge in [0.1, 0.15) is 6.61 Å². The Kier molecular flexibility index (Phi) is 1.82. The summed E-state index contributed by atoms with van der Waals surface area (Å²) in [5.41, 5.74) is -0.0410.